The highest BCUT2D eigenvalue weighted by Gasteiger charge is 2.08. The van der Waals surface area contributed by atoms with E-state index in [0.717, 1.165) is 11.8 Å². The third kappa shape index (κ3) is 3.66. The number of benzene rings is 1. The summed E-state index contributed by atoms with van der Waals surface area (Å²) in [6, 6.07) is 4.72. The van der Waals surface area contributed by atoms with E-state index in [-0.39, 0.29) is 0 Å². The Morgan fingerprint density at radius 3 is 1.50 bits per heavy atom. The molecule has 0 bridgehead atoms. The fraction of sp³-hybridized carbons (Fsp3) is 0.625. The smallest absolute Gasteiger partial charge is 0.0253 e. The van der Waals surface area contributed by atoms with E-state index < -0.39 is 0 Å². The molecule has 1 rings (SSSR count). The normalized spacial score (nSPS) is 11.5. The van der Waals surface area contributed by atoms with Gasteiger partial charge in [-0.3, -0.25) is 0 Å². The number of aryl methyl sites for hydroxylation is 1. The maximum atomic E-state index is 2.36. The van der Waals surface area contributed by atoms with Gasteiger partial charge < -0.3 is 0 Å². The first-order chi connectivity index (χ1) is 7.40. The van der Waals surface area contributed by atoms with Crippen LogP contribution < -0.4 is 0 Å². The summed E-state index contributed by atoms with van der Waals surface area (Å²) < 4.78 is 0. The molecule has 0 saturated carbocycles. The molecule has 0 aromatic heterocycles. The van der Waals surface area contributed by atoms with Crippen LogP contribution in [0.3, 0.4) is 0 Å². The van der Waals surface area contributed by atoms with Crippen LogP contribution in [0.15, 0.2) is 12.1 Å². The maximum absolute atomic E-state index is 2.36. The van der Waals surface area contributed by atoms with Crippen LogP contribution in [0.1, 0.15) is 49.9 Å². The van der Waals surface area contributed by atoms with Crippen LogP contribution in [-0.2, 0) is 12.8 Å². The second-order valence-corrected chi connectivity index (χ2v) is 5.90. The van der Waals surface area contributed by atoms with E-state index >= 15 is 0 Å². The number of rotatable bonds is 4. The molecule has 0 nitrogen and oxygen atoms in total. The van der Waals surface area contributed by atoms with E-state index in [1.165, 1.54) is 24.0 Å². The molecule has 0 fully saturated rings. The molecule has 0 atom stereocenters. The second kappa shape index (κ2) is 5.52. The molecule has 0 saturated heterocycles. The van der Waals surface area contributed by atoms with E-state index in [2.05, 4.69) is 53.7 Å². The molecule has 0 amide bonds. The lowest BCUT2D eigenvalue weighted by molar-refractivity contribution is 0.631. The lowest BCUT2D eigenvalue weighted by Crippen LogP contribution is -2.04. The highest BCUT2D eigenvalue weighted by Crippen LogP contribution is 2.22. The van der Waals surface area contributed by atoms with Crippen molar-refractivity contribution >= 4 is 0 Å². The minimum Gasteiger partial charge on any atom is -0.0625 e. The predicted octanol–water partition coefficient (Wildman–Crippen LogP) is 4.70. The standard InChI is InChI=1S/C16H26/c1-11(2)7-15-9-13(5)10-16(14(15)6)8-12(3)4/h9-12H,7-8H2,1-6H3. The Hall–Kier alpha value is -0.780. The van der Waals surface area contributed by atoms with Crippen molar-refractivity contribution in [3.63, 3.8) is 0 Å². The van der Waals surface area contributed by atoms with Gasteiger partial charge in [-0.1, -0.05) is 45.4 Å². The molecule has 0 spiro atoms. The van der Waals surface area contributed by atoms with Crippen molar-refractivity contribution in [3.8, 4) is 0 Å². The van der Waals surface area contributed by atoms with Crippen molar-refractivity contribution in [1.29, 1.82) is 0 Å². The molecule has 0 radical (unpaired) electrons. The molecule has 0 heterocycles. The van der Waals surface area contributed by atoms with Crippen molar-refractivity contribution in [1.82, 2.24) is 0 Å². The molecule has 16 heavy (non-hydrogen) atoms. The zero-order valence-electron chi connectivity index (χ0n) is 11.7. The van der Waals surface area contributed by atoms with E-state index in [4.69, 9.17) is 0 Å². The summed E-state index contributed by atoms with van der Waals surface area (Å²) in [5, 5.41) is 0. The van der Waals surface area contributed by atoms with Gasteiger partial charge in [0.2, 0.25) is 0 Å². The van der Waals surface area contributed by atoms with Gasteiger partial charge in [0.15, 0.2) is 0 Å². The van der Waals surface area contributed by atoms with Crippen LogP contribution in [0.25, 0.3) is 0 Å². The molecule has 1 aromatic rings. The molecule has 0 heteroatoms. The van der Waals surface area contributed by atoms with Crippen molar-refractivity contribution in [2.75, 3.05) is 0 Å². The summed E-state index contributed by atoms with van der Waals surface area (Å²) >= 11 is 0. The Balaban J connectivity index is 3.05. The van der Waals surface area contributed by atoms with Crippen molar-refractivity contribution in [2.45, 2.75) is 54.4 Å². The Morgan fingerprint density at radius 2 is 1.19 bits per heavy atom. The van der Waals surface area contributed by atoms with Crippen molar-refractivity contribution < 1.29 is 0 Å². The van der Waals surface area contributed by atoms with Gasteiger partial charge in [0.05, 0.1) is 0 Å². The Kier molecular flexibility index (Phi) is 4.58. The minimum atomic E-state index is 0.743. The van der Waals surface area contributed by atoms with Gasteiger partial charge in [-0.2, -0.15) is 0 Å². The van der Waals surface area contributed by atoms with Gasteiger partial charge >= 0.3 is 0 Å². The Bertz CT molecular complexity index is 314. The average molecular weight is 218 g/mol. The van der Waals surface area contributed by atoms with E-state index in [1.54, 1.807) is 11.1 Å². The average Bonchev–Trinajstić information content (AvgIpc) is 2.11. The summed E-state index contributed by atoms with van der Waals surface area (Å²) in [6.45, 7) is 13.7. The second-order valence-electron chi connectivity index (χ2n) is 5.90. The third-order valence-electron chi connectivity index (χ3n) is 3.02. The molecule has 90 valence electrons. The Labute approximate surface area is 101 Å². The van der Waals surface area contributed by atoms with Gasteiger partial charge in [0.25, 0.3) is 0 Å². The topological polar surface area (TPSA) is 0 Å². The van der Waals surface area contributed by atoms with Crippen molar-refractivity contribution in [3.05, 3.63) is 34.4 Å². The number of hydrogen-bond donors (Lipinski definition) is 0. The monoisotopic (exact) mass is 218 g/mol. The first-order valence-corrected chi connectivity index (χ1v) is 6.49. The SMILES string of the molecule is Cc1cc(CC(C)C)c(C)c(CC(C)C)c1. The van der Waals surface area contributed by atoms with Crippen LogP contribution in [-0.4, -0.2) is 0 Å². The summed E-state index contributed by atoms with van der Waals surface area (Å²) in [5.74, 6) is 1.49. The first-order valence-electron chi connectivity index (χ1n) is 6.49. The fourth-order valence-corrected chi connectivity index (χ4v) is 2.32. The van der Waals surface area contributed by atoms with Gasteiger partial charge in [-0.05, 0) is 55.2 Å². The first kappa shape index (κ1) is 13.3. The molecule has 1 aromatic carbocycles. The largest absolute Gasteiger partial charge is 0.0625 e. The highest BCUT2D eigenvalue weighted by molar-refractivity contribution is 5.38. The summed E-state index contributed by atoms with van der Waals surface area (Å²) in [4.78, 5) is 0. The van der Waals surface area contributed by atoms with Gasteiger partial charge in [-0.15, -0.1) is 0 Å². The van der Waals surface area contributed by atoms with Gasteiger partial charge in [-0.25, -0.2) is 0 Å². The summed E-state index contributed by atoms with van der Waals surface area (Å²) in [5.41, 5.74) is 6.03. The van der Waals surface area contributed by atoms with Crippen LogP contribution in [0.4, 0.5) is 0 Å². The molecule has 0 unspecified atom stereocenters. The van der Waals surface area contributed by atoms with Crippen LogP contribution in [0.5, 0.6) is 0 Å². The molecule has 0 N–H and O–H groups in total. The molecule has 0 aliphatic carbocycles. The lowest BCUT2D eigenvalue weighted by Gasteiger charge is -2.16. The van der Waals surface area contributed by atoms with Crippen LogP contribution >= 0.6 is 0 Å². The Morgan fingerprint density at radius 1 is 0.812 bits per heavy atom. The highest BCUT2D eigenvalue weighted by atomic mass is 14.1. The zero-order chi connectivity index (χ0) is 12.3. The van der Waals surface area contributed by atoms with Crippen LogP contribution in [0, 0.1) is 25.7 Å². The van der Waals surface area contributed by atoms with E-state index in [0.29, 0.717) is 0 Å². The number of hydrogen-bond acceptors (Lipinski definition) is 0. The third-order valence-corrected chi connectivity index (χ3v) is 3.02. The molecular weight excluding hydrogens is 192 g/mol. The molecule has 0 aliphatic heterocycles. The van der Waals surface area contributed by atoms with E-state index in [1.807, 2.05) is 0 Å². The molecular formula is C16H26. The van der Waals surface area contributed by atoms with Gasteiger partial charge in [0, 0.05) is 0 Å². The minimum absolute atomic E-state index is 0.743. The predicted molar refractivity (Wildman–Crippen MR) is 73.0 cm³/mol. The molecule has 0 aliphatic rings. The zero-order valence-corrected chi connectivity index (χ0v) is 11.7. The maximum Gasteiger partial charge on any atom is -0.0253 e. The van der Waals surface area contributed by atoms with E-state index in [9.17, 15) is 0 Å². The van der Waals surface area contributed by atoms with Gasteiger partial charge in [0.1, 0.15) is 0 Å². The summed E-state index contributed by atoms with van der Waals surface area (Å²) in [7, 11) is 0. The van der Waals surface area contributed by atoms with Crippen LogP contribution in [0.2, 0.25) is 0 Å². The summed E-state index contributed by atoms with van der Waals surface area (Å²) in [6.07, 6.45) is 2.41. The van der Waals surface area contributed by atoms with Crippen molar-refractivity contribution in [2.24, 2.45) is 11.8 Å². The lowest BCUT2D eigenvalue weighted by atomic mass is 9.90. The quantitative estimate of drug-likeness (QED) is 0.687. The fourth-order valence-electron chi connectivity index (χ4n) is 2.32.